The van der Waals surface area contributed by atoms with Crippen molar-refractivity contribution in [3.8, 4) is 5.75 Å². The molecule has 0 bridgehead atoms. The number of hydrazone groups is 1. The number of benzene rings is 1. The van der Waals surface area contributed by atoms with E-state index in [-0.39, 0.29) is 18.0 Å². The van der Waals surface area contributed by atoms with E-state index >= 15 is 0 Å². The molecule has 1 amide bonds. The van der Waals surface area contributed by atoms with Crippen LogP contribution in [0.1, 0.15) is 47.2 Å². The van der Waals surface area contributed by atoms with Gasteiger partial charge < -0.3 is 9.15 Å². The zero-order valence-corrected chi connectivity index (χ0v) is 18.5. The van der Waals surface area contributed by atoms with Crippen molar-refractivity contribution >= 4 is 23.0 Å². The molecule has 2 aliphatic rings. The van der Waals surface area contributed by atoms with Gasteiger partial charge in [0.25, 0.3) is 5.91 Å². The largest absolute Gasteiger partial charge is 0.497 e. The van der Waals surface area contributed by atoms with Gasteiger partial charge in [-0.05, 0) is 72.3 Å². The Hall–Kier alpha value is -2.90. The van der Waals surface area contributed by atoms with Crippen molar-refractivity contribution in [1.82, 2.24) is 9.91 Å². The lowest BCUT2D eigenvalue weighted by Gasteiger charge is -2.34. The van der Waals surface area contributed by atoms with Crippen molar-refractivity contribution in [2.24, 2.45) is 5.10 Å². The summed E-state index contributed by atoms with van der Waals surface area (Å²) in [5.74, 6) is 1.55. The van der Waals surface area contributed by atoms with Gasteiger partial charge in [0.1, 0.15) is 17.6 Å². The third kappa shape index (κ3) is 3.79. The summed E-state index contributed by atoms with van der Waals surface area (Å²) in [4.78, 5) is 17.1. The van der Waals surface area contributed by atoms with Crippen molar-refractivity contribution in [1.29, 1.82) is 0 Å². The Morgan fingerprint density at radius 2 is 2.10 bits per heavy atom. The summed E-state index contributed by atoms with van der Waals surface area (Å²) in [6.07, 6.45) is 3.26. The fourth-order valence-corrected chi connectivity index (χ4v) is 5.39. The highest BCUT2D eigenvalue weighted by atomic mass is 32.1. The van der Waals surface area contributed by atoms with E-state index in [1.807, 2.05) is 47.7 Å². The Kier molecular flexibility index (Phi) is 5.38. The Morgan fingerprint density at radius 3 is 2.84 bits per heavy atom. The minimum Gasteiger partial charge on any atom is -0.497 e. The molecule has 4 heterocycles. The average Bonchev–Trinajstić information content (AvgIpc) is 3.55. The van der Waals surface area contributed by atoms with Crippen LogP contribution in [-0.4, -0.2) is 41.7 Å². The second-order valence-electron chi connectivity index (χ2n) is 7.94. The number of hydrogen-bond donors (Lipinski definition) is 0. The van der Waals surface area contributed by atoms with E-state index in [1.165, 1.54) is 10.4 Å². The van der Waals surface area contributed by atoms with Crippen molar-refractivity contribution < 1.29 is 13.9 Å². The fourth-order valence-electron chi connectivity index (χ4n) is 4.42. The zero-order valence-electron chi connectivity index (χ0n) is 17.7. The van der Waals surface area contributed by atoms with Crippen LogP contribution in [0.5, 0.6) is 5.75 Å². The van der Waals surface area contributed by atoms with Crippen molar-refractivity contribution in [3.05, 3.63) is 75.9 Å². The van der Waals surface area contributed by atoms with Crippen LogP contribution < -0.4 is 4.74 Å². The van der Waals surface area contributed by atoms with Gasteiger partial charge in [0.15, 0.2) is 0 Å². The van der Waals surface area contributed by atoms with Gasteiger partial charge in [0, 0.05) is 23.9 Å². The predicted octanol–water partition coefficient (Wildman–Crippen LogP) is 4.65. The van der Waals surface area contributed by atoms with E-state index in [4.69, 9.17) is 14.3 Å². The van der Waals surface area contributed by atoms with E-state index in [9.17, 15) is 4.79 Å². The third-order valence-electron chi connectivity index (χ3n) is 6.20. The molecule has 0 saturated carbocycles. The molecule has 6 nitrogen and oxygen atoms in total. The van der Waals surface area contributed by atoms with E-state index in [1.54, 1.807) is 18.4 Å². The lowest BCUT2D eigenvalue weighted by atomic mass is 10.0. The van der Waals surface area contributed by atoms with Crippen LogP contribution in [0.2, 0.25) is 0 Å². The van der Waals surface area contributed by atoms with Crippen LogP contribution in [0.25, 0.3) is 0 Å². The SMILES string of the molecule is COc1ccc(C2=NN(C(=O)CN3CCc4sccc4[C@@H]3C)[C@@H](c3ccco3)C2)cc1. The first-order valence-electron chi connectivity index (χ1n) is 10.5. The molecular formula is C24H25N3O3S. The lowest BCUT2D eigenvalue weighted by molar-refractivity contribution is -0.135. The van der Waals surface area contributed by atoms with Crippen LogP contribution >= 0.6 is 11.3 Å². The normalized spacial score (nSPS) is 21.1. The van der Waals surface area contributed by atoms with Crippen molar-refractivity contribution in [3.63, 3.8) is 0 Å². The van der Waals surface area contributed by atoms with E-state index in [0.717, 1.165) is 35.8 Å². The number of fused-ring (bicyclic) bond motifs is 1. The number of amides is 1. The molecule has 0 N–H and O–H groups in total. The van der Waals surface area contributed by atoms with Crippen LogP contribution in [0.15, 0.2) is 63.6 Å². The summed E-state index contributed by atoms with van der Waals surface area (Å²) in [6.45, 7) is 3.40. The molecular weight excluding hydrogens is 410 g/mol. The van der Waals surface area contributed by atoms with E-state index < -0.39 is 0 Å². The summed E-state index contributed by atoms with van der Waals surface area (Å²) in [5.41, 5.74) is 3.21. The summed E-state index contributed by atoms with van der Waals surface area (Å²) in [7, 11) is 1.65. The molecule has 0 spiro atoms. The topological polar surface area (TPSA) is 58.3 Å². The van der Waals surface area contributed by atoms with Gasteiger partial charge in [-0.1, -0.05) is 0 Å². The molecule has 0 saturated heterocycles. The first-order valence-corrected chi connectivity index (χ1v) is 11.4. The minimum absolute atomic E-state index is 0.00422. The molecule has 0 aliphatic carbocycles. The molecule has 0 fully saturated rings. The second-order valence-corrected chi connectivity index (χ2v) is 8.95. The monoisotopic (exact) mass is 435 g/mol. The molecule has 2 aliphatic heterocycles. The zero-order chi connectivity index (χ0) is 21.4. The highest BCUT2D eigenvalue weighted by Crippen LogP contribution is 2.36. The number of hydrogen-bond acceptors (Lipinski definition) is 6. The fraction of sp³-hybridized carbons (Fsp3) is 0.333. The van der Waals surface area contributed by atoms with Crippen LogP contribution in [-0.2, 0) is 11.2 Å². The van der Waals surface area contributed by atoms with Gasteiger partial charge in [0.05, 0.1) is 25.6 Å². The Bertz CT molecular complexity index is 1090. The average molecular weight is 436 g/mol. The second kappa shape index (κ2) is 8.32. The maximum atomic E-state index is 13.4. The smallest absolute Gasteiger partial charge is 0.257 e. The Morgan fingerprint density at radius 1 is 1.26 bits per heavy atom. The molecule has 160 valence electrons. The molecule has 2 aromatic heterocycles. The molecule has 1 aromatic carbocycles. The maximum absolute atomic E-state index is 13.4. The van der Waals surface area contributed by atoms with Crippen LogP contribution in [0.3, 0.4) is 0 Å². The van der Waals surface area contributed by atoms with Gasteiger partial charge >= 0.3 is 0 Å². The van der Waals surface area contributed by atoms with Crippen molar-refractivity contribution in [2.45, 2.75) is 31.8 Å². The number of carbonyl (C=O) groups is 1. The Labute approximate surface area is 185 Å². The number of furan rings is 1. The number of nitrogens with zero attached hydrogens (tertiary/aromatic N) is 3. The lowest BCUT2D eigenvalue weighted by Crippen LogP contribution is -2.42. The summed E-state index contributed by atoms with van der Waals surface area (Å²) in [5, 5.41) is 8.51. The van der Waals surface area contributed by atoms with Crippen LogP contribution in [0.4, 0.5) is 0 Å². The molecule has 3 aromatic rings. The molecule has 0 unspecified atom stereocenters. The minimum atomic E-state index is -0.226. The van der Waals surface area contributed by atoms with E-state index in [2.05, 4.69) is 23.3 Å². The number of thiophene rings is 1. The quantitative estimate of drug-likeness (QED) is 0.586. The molecule has 2 atom stereocenters. The van der Waals surface area contributed by atoms with Gasteiger partial charge in [-0.2, -0.15) is 5.10 Å². The van der Waals surface area contributed by atoms with Gasteiger partial charge in [-0.15, -0.1) is 11.3 Å². The third-order valence-corrected chi connectivity index (χ3v) is 7.20. The summed E-state index contributed by atoms with van der Waals surface area (Å²) < 4.78 is 10.9. The molecule has 31 heavy (non-hydrogen) atoms. The molecule has 5 rings (SSSR count). The summed E-state index contributed by atoms with van der Waals surface area (Å²) in [6, 6.07) is 13.8. The standard InChI is InChI=1S/C24H25N3O3S/c1-16-19-10-13-31-23(19)9-11-26(16)15-24(28)27-21(22-4-3-12-30-22)14-20(25-27)17-5-7-18(29-2)8-6-17/h3-8,10,12-13,16,21H,9,11,14-15H2,1-2H3/t16-,21+/m0/s1. The highest BCUT2D eigenvalue weighted by molar-refractivity contribution is 7.10. The molecule has 0 radical (unpaired) electrons. The van der Waals surface area contributed by atoms with Gasteiger partial charge in [0.2, 0.25) is 0 Å². The first-order chi connectivity index (χ1) is 15.1. The first kappa shape index (κ1) is 20.0. The number of carbonyl (C=O) groups excluding carboxylic acids is 1. The van der Waals surface area contributed by atoms with Crippen molar-refractivity contribution in [2.75, 3.05) is 20.2 Å². The van der Waals surface area contributed by atoms with Gasteiger partial charge in [-0.3, -0.25) is 9.69 Å². The maximum Gasteiger partial charge on any atom is 0.257 e. The highest BCUT2D eigenvalue weighted by Gasteiger charge is 2.36. The number of rotatable bonds is 5. The molecule has 7 heteroatoms. The Balaban J connectivity index is 1.38. The number of methoxy groups -OCH3 is 1. The summed E-state index contributed by atoms with van der Waals surface area (Å²) >= 11 is 1.81. The van der Waals surface area contributed by atoms with Gasteiger partial charge in [-0.25, -0.2) is 5.01 Å². The van der Waals surface area contributed by atoms with Crippen LogP contribution in [0, 0.1) is 0 Å². The van der Waals surface area contributed by atoms with E-state index in [0.29, 0.717) is 13.0 Å². The predicted molar refractivity (Wildman–Crippen MR) is 120 cm³/mol. The number of ether oxygens (including phenoxy) is 1.